The van der Waals surface area contributed by atoms with E-state index in [1.165, 1.54) is 26.3 Å². The summed E-state index contributed by atoms with van der Waals surface area (Å²) in [5, 5.41) is 3.20. The van der Waals surface area contributed by atoms with Gasteiger partial charge in [-0.3, -0.25) is 9.59 Å². The molecule has 1 aliphatic heterocycles. The molecule has 0 spiro atoms. The van der Waals surface area contributed by atoms with Crippen LogP contribution in [-0.4, -0.2) is 47.5 Å². The topological polar surface area (TPSA) is 124 Å². The molecule has 214 valence electrons. The van der Waals surface area contributed by atoms with Crippen molar-refractivity contribution in [1.29, 1.82) is 0 Å². The zero-order valence-electron chi connectivity index (χ0n) is 23.2. The van der Waals surface area contributed by atoms with E-state index in [4.69, 9.17) is 13.6 Å². The molecule has 0 atom stereocenters. The van der Waals surface area contributed by atoms with E-state index < -0.39 is 5.82 Å². The summed E-state index contributed by atoms with van der Waals surface area (Å²) in [5.74, 6) is 0.0512. The largest absolute Gasteiger partial charge is 0.480 e. The third-order valence-corrected chi connectivity index (χ3v) is 7.48. The molecule has 5 heterocycles. The van der Waals surface area contributed by atoms with E-state index in [0.717, 1.165) is 0 Å². The number of pyridine rings is 2. The molecule has 0 unspecified atom stereocenters. The molecule has 11 heteroatoms. The highest BCUT2D eigenvalue weighted by Gasteiger charge is 2.29. The second-order valence-electron chi connectivity index (χ2n) is 10.0. The Balaban J connectivity index is 1.48. The Morgan fingerprint density at radius 3 is 2.58 bits per heavy atom. The third-order valence-electron chi connectivity index (χ3n) is 7.48. The molecule has 6 aromatic rings. The van der Waals surface area contributed by atoms with E-state index >= 15 is 0 Å². The standard InChI is InChI=1S/C32H24FN5O5/c1-34-30(40)27-21-14-20(18-13-22(31(41-2)36-16-18)32-37-29-24(43-32)5-3-11-35-29)23(38-12-4-6-26(38)39)15-25(21)42-28(27)17-7-9-19(33)10-8-17/h3,5,7-11,13-16H,4,6,12H2,1-2H3,(H,34,40). The Morgan fingerprint density at radius 2 is 1.86 bits per heavy atom. The normalized spacial score (nSPS) is 13.3. The molecule has 1 aliphatic rings. The van der Waals surface area contributed by atoms with E-state index in [1.54, 1.807) is 47.6 Å². The van der Waals surface area contributed by atoms with Gasteiger partial charge in [-0.1, -0.05) is 0 Å². The fourth-order valence-corrected chi connectivity index (χ4v) is 5.44. The van der Waals surface area contributed by atoms with E-state index in [1.807, 2.05) is 12.1 Å². The lowest BCUT2D eigenvalue weighted by Gasteiger charge is -2.20. The second-order valence-corrected chi connectivity index (χ2v) is 10.0. The molecule has 4 aromatic heterocycles. The summed E-state index contributed by atoms with van der Waals surface area (Å²) in [6, 6.07) is 14.7. The Labute approximate surface area is 244 Å². The van der Waals surface area contributed by atoms with Crippen LogP contribution in [-0.2, 0) is 4.79 Å². The fourth-order valence-electron chi connectivity index (χ4n) is 5.44. The number of hydrogen-bond acceptors (Lipinski definition) is 8. The highest BCUT2D eigenvalue weighted by Crippen LogP contribution is 2.43. The molecule has 43 heavy (non-hydrogen) atoms. The van der Waals surface area contributed by atoms with Crippen LogP contribution < -0.4 is 15.0 Å². The number of oxazole rings is 1. The zero-order chi connectivity index (χ0) is 29.7. The van der Waals surface area contributed by atoms with Crippen LogP contribution in [0.4, 0.5) is 10.1 Å². The predicted molar refractivity (Wildman–Crippen MR) is 157 cm³/mol. The van der Waals surface area contributed by atoms with Crippen molar-refractivity contribution in [3.05, 3.63) is 78.4 Å². The number of halogens is 1. The molecule has 0 aliphatic carbocycles. The van der Waals surface area contributed by atoms with Crippen molar-refractivity contribution in [2.24, 2.45) is 0 Å². The number of methoxy groups -OCH3 is 1. The number of fused-ring (bicyclic) bond motifs is 2. The maximum atomic E-state index is 13.7. The molecule has 2 amide bonds. The monoisotopic (exact) mass is 577 g/mol. The lowest BCUT2D eigenvalue weighted by Crippen LogP contribution is -2.24. The maximum absolute atomic E-state index is 13.7. The molecule has 0 saturated carbocycles. The third kappa shape index (κ3) is 4.45. The summed E-state index contributed by atoms with van der Waals surface area (Å²) in [6.45, 7) is 0.526. The van der Waals surface area contributed by atoms with Crippen molar-refractivity contribution < 1.29 is 27.6 Å². The maximum Gasteiger partial charge on any atom is 0.255 e. The van der Waals surface area contributed by atoms with Gasteiger partial charge in [-0.15, -0.1) is 0 Å². The van der Waals surface area contributed by atoms with E-state index in [9.17, 15) is 14.0 Å². The minimum atomic E-state index is -0.406. The molecule has 0 radical (unpaired) electrons. The Bertz CT molecular complexity index is 2020. The highest BCUT2D eigenvalue weighted by atomic mass is 19.1. The smallest absolute Gasteiger partial charge is 0.255 e. The minimum absolute atomic E-state index is 0.0239. The van der Waals surface area contributed by atoms with Crippen LogP contribution in [0.3, 0.4) is 0 Å². The summed E-state index contributed by atoms with van der Waals surface area (Å²) in [7, 11) is 3.04. The van der Waals surface area contributed by atoms with Crippen LogP contribution >= 0.6 is 0 Å². The van der Waals surface area contributed by atoms with Crippen molar-refractivity contribution in [3.63, 3.8) is 0 Å². The lowest BCUT2D eigenvalue weighted by atomic mass is 9.98. The SMILES string of the molecule is CNC(=O)c1c(-c2ccc(F)cc2)oc2cc(N3CCCC3=O)c(-c3cnc(OC)c(-c4nc5ncccc5o4)c3)cc12. The van der Waals surface area contributed by atoms with Crippen molar-refractivity contribution in [2.75, 3.05) is 25.6 Å². The summed E-state index contributed by atoms with van der Waals surface area (Å²) in [4.78, 5) is 41.3. The number of anilines is 1. The van der Waals surface area contributed by atoms with Crippen LogP contribution in [0.15, 0.2) is 75.8 Å². The highest BCUT2D eigenvalue weighted by molar-refractivity contribution is 6.14. The minimum Gasteiger partial charge on any atom is -0.480 e. The number of carbonyl (C=O) groups is 2. The van der Waals surface area contributed by atoms with Crippen LogP contribution in [0.1, 0.15) is 23.2 Å². The van der Waals surface area contributed by atoms with Crippen LogP contribution in [0.5, 0.6) is 5.88 Å². The van der Waals surface area contributed by atoms with Gasteiger partial charge >= 0.3 is 0 Å². The predicted octanol–water partition coefficient (Wildman–Crippen LogP) is 6.00. The van der Waals surface area contributed by atoms with Gasteiger partial charge in [-0.05, 0) is 55.0 Å². The second kappa shape index (κ2) is 10.4. The van der Waals surface area contributed by atoms with E-state index in [2.05, 4.69) is 20.3 Å². The molecule has 1 fully saturated rings. The number of amides is 2. The number of rotatable bonds is 6. The van der Waals surface area contributed by atoms with Gasteiger partial charge in [0.15, 0.2) is 11.2 Å². The van der Waals surface area contributed by atoms with Gasteiger partial charge in [-0.2, -0.15) is 4.98 Å². The van der Waals surface area contributed by atoms with Crippen molar-refractivity contribution in [1.82, 2.24) is 20.3 Å². The first kappa shape index (κ1) is 26.3. The molecule has 7 rings (SSSR count). The summed E-state index contributed by atoms with van der Waals surface area (Å²) in [6.07, 6.45) is 4.39. The van der Waals surface area contributed by atoms with Gasteiger partial charge in [0.1, 0.15) is 17.2 Å². The molecule has 1 saturated heterocycles. The molecular weight excluding hydrogens is 553 g/mol. The van der Waals surface area contributed by atoms with Gasteiger partial charge < -0.3 is 23.8 Å². The van der Waals surface area contributed by atoms with Gasteiger partial charge in [0, 0.05) is 60.5 Å². The number of benzene rings is 2. The number of carbonyl (C=O) groups excluding carboxylic acids is 2. The van der Waals surface area contributed by atoms with Crippen molar-refractivity contribution in [2.45, 2.75) is 12.8 Å². The Kier molecular flexibility index (Phi) is 6.34. The first-order valence-corrected chi connectivity index (χ1v) is 13.6. The molecule has 10 nitrogen and oxygen atoms in total. The summed E-state index contributed by atoms with van der Waals surface area (Å²) < 4.78 is 31.5. The lowest BCUT2D eigenvalue weighted by molar-refractivity contribution is -0.117. The van der Waals surface area contributed by atoms with Gasteiger partial charge in [-0.25, -0.2) is 14.4 Å². The summed E-state index contributed by atoms with van der Waals surface area (Å²) >= 11 is 0. The van der Waals surface area contributed by atoms with Crippen LogP contribution in [0.25, 0.3) is 56.1 Å². The van der Waals surface area contributed by atoms with E-state index in [0.29, 0.717) is 75.4 Å². The van der Waals surface area contributed by atoms with Gasteiger partial charge in [0.2, 0.25) is 17.7 Å². The zero-order valence-corrected chi connectivity index (χ0v) is 23.2. The Hall–Kier alpha value is -5.58. The molecule has 1 N–H and O–H groups in total. The van der Waals surface area contributed by atoms with Crippen molar-refractivity contribution in [3.8, 4) is 39.8 Å². The molecular formula is C32H24FN5O5. The van der Waals surface area contributed by atoms with Gasteiger partial charge in [0.25, 0.3) is 5.91 Å². The average Bonchev–Trinajstić information content (AvgIpc) is 3.76. The number of furan rings is 1. The first-order valence-electron chi connectivity index (χ1n) is 13.6. The van der Waals surface area contributed by atoms with Gasteiger partial charge in [0.05, 0.1) is 23.9 Å². The number of nitrogens with one attached hydrogen (secondary N) is 1. The van der Waals surface area contributed by atoms with Crippen LogP contribution in [0.2, 0.25) is 0 Å². The quantitative estimate of drug-likeness (QED) is 0.256. The van der Waals surface area contributed by atoms with E-state index in [-0.39, 0.29) is 29.0 Å². The first-order chi connectivity index (χ1) is 20.9. The van der Waals surface area contributed by atoms with Crippen molar-refractivity contribution >= 4 is 39.7 Å². The van der Waals surface area contributed by atoms with Crippen LogP contribution in [0, 0.1) is 5.82 Å². The number of hydrogen-bond donors (Lipinski definition) is 1. The molecule has 2 aromatic carbocycles. The number of nitrogens with zero attached hydrogens (tertiary/aromatic N) is 4. The average molecular weight is 578 g/mol. The number of ether oxygens (including phenoxy) is 1. The Morgan fingerprint density at radius 1 is 1.02 bits per heavy atom. The fraction of sp³-hybridized carbons (Fsp3) is 0.156. The summed E-state index contributed by atoms with van der Waals surface area (Å²) in [5.41, 5.74) is 4.56. The number of aromatic nitrogens is 3. The molecule has 0 bridgehead atoms.